The lowest BCUT2D eigenvalue weighted by Gasteiger charge is -2.17. The zero-order valence-electron chi connectivity index (χ0n) is 14.8. The summed E-state index contributed by atoms with van der Waals surface area (Å²) in [6, 6.07) is 13.8. The van der Waals surface area contributed by atoms with Gasteiger partial charge in [-0.3, -0.25) is 4.79 Å². The molecule has 9 heteroatoms. The maximum Gasteiger partial charge on any atom is 0.433 e. The summed E-state index contributed by atoms with van der Waals surface area (Å²) in [5.74, 6) is -0.262. The van der Waals surface area contributed by atoms with Crippen molar-refractivity contribution in [3.8, 4) is 10.6 Å². The van der Waals surface area contributed by atoms with E-state index in [1.54, 1.807) is 24.6 Å². The van der Waals surface area contributed by atoms with Crippen LogP contribution in [0.3, 0.4) is 0 Å². The van der Waals surface area contributed by atoms with Crippen LogP contribution in [0.5, 0.6) is 0 Å². The molecule has 0 aliphatic heterocycles. The average Bonchev–Trinajstić information content (AvgIpc) is 3.21. The summed E-state index contributed by atoms with van der Waals surface area (Å²) in [6.07, 6.45) is -4.58. The number of alkyl halides is 3. The lowest BCUT2D eigenvalue weighted by Crippen LogP contribution is -2.27. The van der Waals surface area contributed by atoms with E-state index in [4.69, 9.17) is 0 Å². The topological polar surface area (TPSA) is 46.1 Å². The number of nitrogens with zero attached hydrogens (tertiary/aromatic N) is 3. The smallest absolute Gasteiger partial charge is 0.341 e. The van der Waals surface area contributed by atoms with Crippen LogP contribution in [0.1, 0.15) is 11.3 Å². The molecule has 2 aromatic heterocycles. The van der Waals surface area contributed by atoms with E-state index >= 15 is 0 Å². The zero-order valence-corrected chi connectivity index (χ0v) is 16.4. The molecule has 0 fully saturated rings. The number of rotatable bonds is 6. The molecule has 0 saturated carbocycles. The Morgan fingerprint density at radius 3 is 2.54 bits per heavy atom. The molecule has 28 heavy (non-hydrogen) atoms. The number of benzene rings is 1. The molecule has 2 heterocycles. The first kappa shape index (κ1) is 20.3. The van der Waals surface area contributed by atoms with Crippen molar-refractivity contribution in [1.29, 1.82) is 0 Å². The second-order valence-corrected chi connectivity index (χ2v) is 7.81. The highest BCUT2D eigenvalue weighted by atomic mass is 32.2. The maximum absolute atomic E-state index is 13.2. The third kappa shape index (κ3) is 5.32. The van der Waals surface area contributed by atoms with Crippen molar-refractivity contribution in [2.24, 2.45) is 0 Å². The van der Waals surface area contributed by atoms with Gasteiger partial charge in [0.05, 0.1) is 16.3 Å². The second-order valence-electron chi connectivity index (χ2n) is 5.92. The fourth-order valence-electron chi connectivity index (χ4n) is 2.37. The highest BCUT2D eigenvalue weighted by Crippen LogP contribution is 2.33. The number of hydrogen-bond acceptors (Lipinski definition) is 5. The van der Waals surface area contributed by atoms with Crippen LogP contribution in [0.25, 0.3) is 10.6 Å². The summed E-state index contributed by atoms with van der Waals surface area (Å²) in [6.45, 7) is 0.421. The van der Waals surface area contributed by atoms with Crippen molar-refractivity contribution in [2.45, 2.75) is 17.9 Å². The Kier molecular flexibility index (Phi) is 6.35. The van der Waals surface area contributed by atoms with E-state index in [9.17, 15) is 18.0 Å². The summed E-state index contributed by atoms with van der Waals surface area (Å²) in [4.78, 5) is 22.3. The molecule has 146 valence electrons. The van der Waals surface area contributed by atoms with Crippen LogP contribution >= 0.6 is 23.1 Å². The van der Waals surface area contributed by atoms with E-state index in [0.29, 0.717) is 11.4 Å². The van der Waals surface area contributed by atoms with Gasteiger partial charge in [-0.05, 0) is 23.1 Å². The van der Waals surface area contributed by atoms with Crippen molar-refractivity contribution < 1.29 is 18.0 Å². The van der Waals surface area contributed by atoms with Crippen molar-refractivity contribution in [1.82, 2.24) is 14.9 Å². The molecule has 4 nitrogen and oxygen atoms in total. The van der Waals surface area contributed by atoms with Crippen LogP contribution in [-0.4, -0.2) is 33.6 Å². The summed E-state index contributed by atoms with van der Waals surface area (Å²) in [5, 5.41) is 1.69. The second kappa shape index (κ2) is 8.74. The van der Waals surface area contributed by atoms with Gasteiger partial charge in [0, 0.05) is 13.6 Å². The molecular weight excluding hydrogens is 407 g/mol. The minimum Gasteiger partial charge on any atom is -0.341 e. The zero-order chi connectivity index (χ0) is 20.1. The van der Waals surface area contributed by atoms with Crippen LogP contribution in [0.2, 0.25) is 0 Å². The monoisotopic (exact) mass is 423 g/mol. The number of carbonyl (C=O) groups excluding carboxylic acids is 1. The molecule has 1 amide bonds. The Labute approximate surface area is 168 Å². The van der Waals surface area contributed by atoms with Crippen LogP contribution in [-0.2, 0) is 17.5 Å². The van der Waals surface area contributed by atoms with E-state index in [2.05, 4.69) is 9.97 Å². The highest BCUT2D eigenvalue weighted by molar-refractivity contribution is 7.99. The molecule has 0 N–H and O–H groups in total. The molecule has 0 atom stereocenters. The quantitative estimate of drug-likeness (QED) is 0.415. The van der Waals surface area contributed by atoms with Gasteiger partial charge in [0.2, 0.25) is 5.91 Å². The third-order valence-corrected chi connectivity index (χ3v) is 5.51. The molecule has 0 saturated heterocycles. The van der Waals surface area contributed by atoms with Gasteiger partial charge in [-0.25, -0.2) is 9.97 Å². The fourth-order valence-corrected chi connectivity index (χ4v) is 3.85. The maximum atomic E-state index is 13.2. The number of halogens is 3. The Morgan fingerprint density at radius 2 is 1.89 bits per heavy atom. The number of hydrogen-bond donors (Lipinski definition) is 0. The highest BCUT2D eigenvalue weighted by Gasteiger charge is 2.34. The van der Waals surface area contributed by atoms with Gasteiger partial charge in [-0.15, -0.1) is 11.3 Å². The Hall–Kier alpha value is -2.39. The van der Waals surface area contributed by atoms with Gasteiger partial charge < -0.3 is 4.90 Å². The van der Waals surface area contributed by atoms with Gasteiger partial charge in [-0.1, -0.05) is 48.2 Å². The van der Waals surface area contributed by atoms with Crippen LogP contribution in [0.4, 0.5) is 13.2 Å². The molecule has 0 bridgehead atoms. The normalized spacial score (nSPS) is 11.4. The Bertz CT molecular complexity index is 931. The van der Waals surface area contributed by atoms with E-state index < -0.39 is 11.9 Å². The lowest BCUT2D eigenvalue weighted by atomic mass is 10.2. The van der Waals surface area contributed by atoms with Gasteiger partial charge >= 0.3 is 6.18 Å². The molecule has 0 aliphatic carbocycles. The van der Waals surface area contributed by atoms with E-state index in [1.165, 1.54) is 16.2 Å². The fraction of sp³-hybridized carbons (Fsp3) is 0.211. The number of amides is 1. The Balaban J connectivity index is 1.72. The van der Waals surface area contributed by atoms with Crippen LogP contribution < -0.4 is 0 Å². The largest absolute Gasteiger partial charge is 0.433 e. The molecule has 0 spiro atoms. The Morgan fingerprint density at radius 1 is 1.14 bits per heavy atom. The van der Waals surface area contributed by atoms with Gasteiger partial charge in [0.1, 0.15) is 5.69 Å². The van der Waals surface area contributed by atoms with E-state index in [1.807, 2.05) is 30.3 Å². The van der Waals surface area contributed by atoms with Crippen LogP contribution in [0, 0.1) is 0 Å². The predicted molar refractivity (Wildman–Crippen MR) is 104 cm³/mol. The average molecular weight is 423 g/mol. The number of thiophene rings is 1. The minimum absolute atomic E-state index is 0.0471. The van der Waals surface area contributed by atoms with Crippen LogP contribution in [0.15, 0.2) is 59.1 Å². The molecule has 3 rings (SSSR count). The third-order valence-electron chi connectivity index (χ3n) is 3.78. The number of carbonyl (C=O) groups is 1. The first-order chi connectivity index (χ1) is 13.3. The van der Waals surface area contributed by atoms with E-state index in [-0.39, 0.29) is 22.5 Å². The minimum atomic E-state index is -4.58. The first-order valence-electron chi connectivity index (χ1n) is 8.24. The van der Waals surface area contributed by atoms with E-state index in [0.717, 1.165) is 23.4 Å². The van der Waals surface area contributed by atoms with Crippen molar-refractivity contribution in [3.63, 3.8) is 0 Å². The number of thioether (sulfide) groups is 1. The van der Waals surface area contributed by atoms with Gasteiger partial charge in [0.25, 0.3) is 0 Å². The summed E-state index contributed by atoms with van der Waals surface area (Å²) in [7, 11) is 1.65. The number of aromatic nitrogens is 2. The molecular formula is C19H16F3N3OS2. The molecule has 0 radical (unpaired) electrons. The SMILES string of the molecule is CN(Cc1ccccc1)C(=O)CSc1nc(-c2cccs2)cc(C(F)(F)F)n1. The summed E-state index contributed by atoms with van der Waals surface area (Å²) >= 11 is 2.19. The standard InChI is InChI=1S/C19H16F3N3OS2/c1-25(11-13-6-3-2-4-7-13)17(26)12-28-18-23-14(15-8-5-9-27-15)10-16(24-18)19(20,21)22/h2-10H,11-12H2,1H3. The molecule has 0 unspecified atom stereocenters. The lowest BCUT2D eigenvalue weighted by molar-refractivity contribution is -0.141. The van der Waals surface area contributed by atoms with Gasteiger partial charge in [0.15, 0.2) is 5.16 Å². The predicted octanol–water partition coefficient (Wildman–Crippen LogP) is 4.97. The summed E-state index contributed by atoms with van der Waals surface area (Å²) in [5.41, 5.74) is 0.155. The summed E-state index contributed by atoms with van der Waals surface area (Å²) < 4.78 is 39.6. The first-order valence-corrected chi connectivity index (χ1v) is 10.1. The van der Waals surface area contributed by atoms with Crippen molar-refractivity contribution in [2.75, 3.05) is 12.8 Å². The van der Waals surface area contributed by atoms with Gasteiger partial charge in [-0.2, -0.15) is 13.2 Å². The molecule has 1 aromatic carbocycles. The molecule has 3 aromatic rings. The molecule has 0 aliphatic rings. The van der Waals surface area contributed by atoms with Crippen molar-refractivity contribution in [3.05, 3.63) is 65.2 Å². The van der Waals surface area contributed by atoms with Crippen molar-refractivity contribution >= 4 is 29.0 Å².